The van der Waals surface area contributed by atoms with Gasteiger partial charge in [0.1, 0.15) is 12.3 Å². The van der Waals surface area contributed by atoms with Crippen LogP contribution in [0.4, 0.5) is 11.4 Å². The minimum absolute atomic E-state index is 0.140. The zero-order chi connectivity index (χ0) is 16.2. The van der Waals surface area contributed by atoms with Crippen molar-refractivity contribution in [2.24, 2.45) is 5.73 Å². The average Bonchev–Trinajstić information content (AvgIpc) is 2.56. The number of nitrogens with one attached hydrogen (secondary N) is 1. The molecule has 2 atom stereocenters. The zero-order valence-electron chi connectivity index (χ0n) is 13.4. The number of hydrogen-bond acceptors (Lipinski definition) is 5. The molecule has 2 aromatic carbocycles. The molecule has 23 heavy (non-hydrogen) atoms. The molecular formula is C18H22N2O2S. The first kappa shape index (κ1) is 16.3. The molecule has 0 saturated heterocycles. The fraction of sp³-hybridized carbons (Fsp3) is 0.333. The molecule has 122 valence electrons. The van der Waals surface area contributed by atoms with Gasteiger partial charge in [0, 0.05) is 22.0 Å². The summed E-state index contributed by atoms with van der Waals surface area (Å²) < 4.78 is 11.5. The largest absolute Gasteiger partial charge is 0.371 e. The maximum Gasteiger partial charge on any atom is 0.108 e. The lowest BCUT2D eigenvalue weighted by atomic mass is 10.1. The molecule has 0 aromatic heterocycles. The first-order valence-corrected chi connectivity index (χ1v) is 8.66. The van der Waals surface area contributed by atoms with Crippen LogP contribution in [0.25, 0.3) is 0 Å². The van der Waals surface area contributed by atoms with Gasteiger partial charge in [-0.15, -0.1) is 0 Å². The van der Waals surface area contributed by atoms with Gasteiger partial charge < -0.3 is 20.5 Å². The average molecular weight is 330 g/mol. The summed E-state index contributed by atoms with van der Waals surface area (Å²) in [5.74, 6) is 0. The fourth-order valence-corrected chi connectivity index (χ4v) is 3.65. The molecule has 3 rings (SSSR count). The molecule has 0 fully saturated rings. The predicted molar refractivity (Wildman–Crippen MR) is 94.3 cm³/mol. The second-order valence-electron chi connectivity index (χ2n) is 5.43. The minimum atomic E-state index is -0.305. The molecular weight excluding hydrogens is 308 g/mol. The van der Waals surface area contributed by atoms with Crippen molar-refractivity contribution in [1.29, 1.82) is 0 Å². The molecule has 3 N–H and O–H groups in total. The summed E-state index contributed by atoms with van der Waals surface area (Å²) in [7, 11) is 0. The summed E-state index contributed by atoms with van der Waals surface area (Å²) >= 11 is 1.77. The van der Waals surface area contributed by atoms with Gasteiger partial charge in [-0.3, -0.25) is 0 Å². The van der Waals surface area contributed by atoms with E-state index in [0.717, 1.165) is 16.9 Å². The van der Waals surface area contributed by atoms with Gasteiger partial charge in [-0.1, -0.05) is 36.0 Å². The number of ether oxygens (including phenoxy) is 2. The van der Waals surface area contributed by atoms with Crippen LogP contribution in [0.3, 0.4) is 0 Å². The molecule has 0 bridgehead atoms. The molecule has 0 spiro atoms. The van der Waals surface area contributed by atoms with Crippen LogP contribution in [0.1, 0.15) is 25.5 Å². The maximum absolute atomic E-state index is 5.90. The number of hydrogen-bond donors (Lipinski definition) is 2. The van der Waals surface area contributed by atoms with Crippen molar-refractivity contribution < 1.29 is 9.47 Å². The predicted octanol–water partition coefficient (Wildman–Crippen LogP) is 4.29. The molecule has 0 aliphatic carbocycles. The minimum Gasteiger partial charge on any atom is -0.371 e. The Balaban J connectivity index is 1.92. The van der Waals surface area contributed by atoms with E-state index in [1.807, 2.05) is 19.9 Å². The van der Waals surface area contributed by atoms with Crippen LogP contribution in [-0.2, 0) is 9.47 Å². The third-order valence-corrected chi connectivity index (χ3v) is 4.79. The Morgan fingerprint density at radius 2 is 1.87 bits per heavy atom. The Morgan fingerprint density at radius 3 is 2.65 bits per heavy atom. The Labute approximate surface area is 141 Å². The Kier molecular flexibility index (Phi) is 5.23. The maximum atomic E-state index is 5.90. The quantitative estimate of drug-likeness (QED) is 0.660. The lowest BCUT2D eigenvalue weighted by Crippen LogP contribution is -2.24. The summed E-state index contributed by atoms with van der Waals surface area (Å²) in [5, 5.41) is 3.55. The summed E-state index contributed by atoms with van der Waals surface area (Å²) in [6.07, 6.45) is -0.445. The van der Waals surface area contributed by atoms with Gasteiger partial charge in [-0.25, -0.2) is 0 Å². The van der Waals surface area contributed by atoms with E-state index >= 15 is 0 Å². The van der Waals surface area contributed by atoms with E-state index in [4.69, 9.17) is 15.2 Å². The first-order chi connectivity index (χ1) is 11.2. The van der Waals surface area contributed by atoms with Gasteiger partial charge in [0.25, 0.3) is 0 Å². The number of para-hydroxylation sites is 2. The molecule has 0 amide bonds. The number of benzene rings is 2. The van der Waals surface area contributed by atoms with Crippen molar-refractivity contribution in [3.63, 3.8) is 0 Å². The molecule has 0 saturated carbocycles. The second kappa shape index (κ2) is 7.36. The molecule has 4 nitrogen and oxygen atoms in total. The van der Waals surface area contributed by atoms with Gasteiger partial charge in [0.2, 0.25) is 0 Å². The van der Waals surface area contributed by atoms with E-state index < -0.39 is 0 Å². The van der Waals surface area contributed by atoms with Gasteiger partial charge in [-0.05, 0) is 32.0 Å². The number of fused-ring (bicyclic) bond motifs is 2. The van der Waals surface area contributed by atoms with Crippen LogP contribution < -0.4 is 11.1 Å². The Bertz CT molecular complexity index is 676. The third-order valence-electron chi connectivity index (χ3n) is 3.65. The number of anilines is 2. The zero-order valence-corrected chi connectivity index (χ0v) is 14.2. The van der Waals surface area contributed by atoms with Gasteiger partial charge >= 0.3 is 0 Å². The summed E-state index contributed by atoms with van der Waals surface area (Å²) in [6.45, 7) is 4.88. The summed E-state index contributed by atoms with van der Waals surface area (Å²) in [5.41, 5.74) is 9.05. The SMILES string of the molecule is CCOC(COC(C)N)c1cccc2c1Nc1ccccc1S2. The highest BCUT2D eigenvalue weighted by atomic mass is 32.2. The van der Waals surface area contributed by atoms with Crippen LogP contribution >= 0.6 is 11.8 Å². The fourth-order valence-electron chi connectivity index (χ4n) is 2.62. The molecule has 5 heteroatoms. The van der Waals surface area contributed by atoms with Crippen molar-refractivity contribution >= 4 is 23.1 Å². The van der Waals surface area contributed by atoms with Crippen LogP contribution in [0.2, 0.25) is 0 Å². The van der Waals surface area contributed by atoms with Crippen LogP contribution in [0.15, 0.2) is 52.3 Å². The highest BCUT2D eigenvalue weighted by Gasteiger charge is 2.23. The molecule has 1 aliphatic rings. The van der Waals surface area contributed by atoms with Gasteiger partial charge in [-0.2, -0.15) is 0 Å². The lowest BCUT2D eigenvalue weighted by Gasteiger charge is -2.27. The van der Waals surface area contributed by atoms with Gasteiger partial charge in [0.15, 0.2) is 0 Å². The highest BCUT2D eigenvalue weighted by Crippen LogP contribution is 2.46. The Hall–Kier alpha value is -1.53. The molecule has 1 heterocycles. The van der Waals surface area contributed by atoms with E-state index in [1.54, 1.807) is 11.8 Å². The summed E-state index contributed by atoms with van der Waals surface area (Å²) in [6, 6.07) is 14.6. The number of rotatable bonds is 6. The van der Waals surface area contributed by atoms with Crippen molar-refractivity contribution in [3.8, 4) is 0 Å². The van der Waals surface area contributed by atoms with E-state index in [0.29, 0.717) is 13.2 Å². The molecule has 0 radical (unpaired) electrons. The first-order valence-electron chi connectivity index (χ1n) is 7.84. The van der Waals surface area contributed by atoms with E-state index in [2.05, 4.69) is 41.7 Å². The van der Waals surface area contributed by atoms with Crippen LogP contribution in [-0.4, -0.2) is 19.4 Å². The second-order valence-corrected chi connectivity index (χ2v) is 6.51. The lowest BCUT2D eigenvalue weighted by molar-refractivity contribution is -0.0355. The molecule has 2 unspecified atom stereocenters. The van der Waals surface area contributed by atoms with Crippen molar-refractivity contribution in [3.05, 3.63) is 48.0 Å². The van der Waals surface area contributed by atoms with Gasteiger partial charge in [0.05, 0.1) is 18.0 Å². The Morgan fingerprint density at radius 1 is 1.09 bits per heavy atom. The van der Waals surface area contributed by atoms with Crippen molar-refractivity contribution in [2.75, 3.05) is 18.5 Å². The highest BCUT2D eigenvalue weighted by molar-refractivity contribution is 7.99. The summed E-state index contributed by atoms with van der Waals surface area (Å²) in [4.78, 5) is 2.43. The number of nitrogens with two attached hydrogens (primary N) is 1. The monoisotopic (exact) mass is 330 g/mol. The van der Waals surface area contributed by atoms with Crippen molar-refractivity contribution in [1.82, 2.24) is 0 Å². The third kappa shape index (κ3) is 3.70. The van der Waals surface area contributed by atoms with Crippen LogP contribution in [0, 0.1) is 0 Å². The van der Waals surface area contributed by atoms with E-state index in [1.165, 1.54) is 9.79 Å². The van der Waals surface area contributed by atoms with E-state index in [-0.39, 0.29) is 12.3 Å². The molecule has 2 aromatic rings. The smallest absolute Gasteiger partial charge is 0.108 e. The van der Waals surface area contributed by atoms with Crippen LogP contribution in [0.5, 0.6) is 0 Å². The normalized spacial score (nSPS) is 15.3. The van der Waals surface area contributed by atoms with E-state index in [9.17, 15) is 0 Å². The topological polar surface area (TPSA) is 56.5 Å². The molecule has 1 aliphatic heterocycles. The van der Waals surface area contributed by atoms with Crippen molar-refractivity contribution in [2.45, 2.75) is 36.0 Å². The standard InChI is InChI=1S/C18H22N2O2S/c1-3-21-15(11-22-12(2)19)13-7-6-10-17-18(13)20-14-8-4-5-9-16(14)23-17/h4-10,12,15,20H,3,11,19H2,1-2H3.